The lowest BCUT2D eigenvalue weighted by atomic mass is 10.4. The number of carbonyl (C=O) groups excluding carboxylic acids is 1. The number of anilines is 1. The number of nitrogens with zero attached hydrogens (tertiary/aromatic N) is 1. The zero-order chi connectivity index (χ0) is 11.3. The molecular weight excluding hydrogens is 232 g/mol. The van der Waals surface area contributed by atoms with Crippen molar-refractivity contribution in [3.8, 4) is 0 Å². The molecule has 0 spiro atoms. The molecule has 15 heavy (non-hydrogen) atoms. The maximum absolute atomic E-state index is 11.3. The fourth-order valence-electron chi connectivity index (χ4n) is 1.02. The quantitative estimate of drug-likeness (QED) is 0.636. The van der Waals surface area contributed by atoms with E-state index in [0.717, 1.165) is 22.3 Å². The molecule has 1 rings (SSSR count). The van der Waals surface area contributed by atoms with Crippen LogP contribution in [0.4, 0.5) is 5.13 Å². The maximum Gasteiger partial charge on any atom is 0.357 e. The van der Waals surface area contributed by atoms with Crippen molar-refractivity contribution in [2.75, 3.05) is 31.0 Å². The van der Waals surface area contributed by atoms with Crippen LogP contribution in [0, 0.1) is 6.92 Å². The smallest absolute Gasteiger partial charge is 0.357 e. The summed E-state index contributed by atoms with van der Waals surface area (Å²) in [6.07, 6.45) is 2.05. The van der Waals surface area contributed by atoms with Crippen molar-refractivity contribution in [3.05, 3.63) is 10.6 Å². The van der Waals surface area contributed by atoms with Gasteiger partial charge in [0.1, 0.15) is 0 Å². The van der Waals surface area contributed by atoms with Gasteiger partial charge in [0, 0.05) is 17.2 Å². The van der Waals surface area contributed by atoms with E-state index in [0.29, 0.717) is 5.69 Å². The highest BCUT2D eigenvalue weighted by Gasteiger charge is 2.15. The zero-order valence-corrected chi connectivity index (χ0v) is 10.6. The molecule has 0 aliphatic carbocycles. The highest BCUT2D eigenvalue weighted by Crippen LogP contribution is 2.22. The van der Waals surface area contributed by atoms with E-state index in [1.165, 1.54) is 18.4 Å². The summed E-state index contributed by atoms with van der Waals surface area (Å²) in [7, 11) is 1.36. The predicted octanol–water partition coefficient (Wildman–Crippen LogP) is 2.01. The Kier molecular flexibility index (Phi) is 4.90. The van der Waals surface area contributed by atoms with Crippen LogP contribution in [0.5, 0.6) is 0 Å². The first kappa shape index (κ1) is 12.3. The zero-order valence-electron chi connectivity index (χ0n) is 8.99. The lowest BCUT2D eigenvalue weighted by Crippen LogP contribution is -2.06. The lowest BCUT2D eigenvalue weighted by molar-refractivity contribution is 0.0594. The second-order valence-corrected chi connectivity index (χ2v) is 5.02. The van der Waals surface area contributed by atoms with Crippen LogP contribution in [0.2, 0.25) is 0 Å². The van der Waals surface area contributed by atoms with Crippen molar-refractivity contribution in [1.82, 2.24) is 4.98 Å². The minimum absolute atomic E-state index is 0.373. The molecule has 4 nitrogen and oxygen atoms in total. The molecule has 1 heterocycles. The van der Waals surface area contributed by atoms with Crippen LogP contribution in [0.25, 0.3) is 0 Å². The highest BCUT2D eigenvalue weighted by atomic mass is 32.2. The third-order valence-electron chi connectivity index (χ3n) is 1.76. The topological polar surface area (TPSA) is 51.2 Å². The molecule has 0 atom stereocenters. The van der Waals surface area contributed by atoms with Crippen molar-refractivity contribution in [2.45, 2.75) is 6.92 Å². The Morgan fingerprint density at radius 1 is 1.67 bits per heavy atom. The van der Waals surface area contributed by atoms with Crippen LogP contribution in [-0.2, 0) is 4.74 Å². The van der Waals surface area contributed by atoms with Gasteiger partial charge in [0.05, 0.1) is 7.11 Å². The molecule has 0 radical (unpaired) electrons. The molecule has 0 aliphatic heterocycles. The fraction of sp³-hybridized carbons (Fsp3) is 0.556. The first-order valence-corrected chi connectivity index (χ1v) is 6.68. The first-order chi connectivity index (χ1) is 7.19. The molecule has 0 saturated heterocycles. The lowest BCUT2D eigenvalue weighted by Gasteiger charge is -1.98. The van der Waals surface area contributed by atoms with Gasteiger partial charge >= 0.3 is 5.97 Å². The average Bonchev–Trinajstić information content (AvgIpc) is 2.59. The van der Waals surface area contributed by atoms with Gasteiger partial charge in [-0.3, -0.25) is 0 Å². The van der Waals surface area contributed by atoms with E-state index in [1.807, 2.05) is 6.92 Å². The van der Waals surface area contributed by atoms with Gasteiger partial charge in [0.15, 0.2) is 10.8 Å². The number of nitrogens with one attached hydrogen (secondary N) is 1. The molecule has 1 aromatic rings. The van der Waals surface area contributed by atoms with E-state index in [2.05, 4.69) is 21.3 Å². The number of aryl methyl sites for hydroxylation is 1. The predicted molar refractivity (Wildman–Crippen MR) is 65.1 cm³/mol. The van der Waals surface area contributed by atoms with E-state index < -0.39 is 0 Å². The van der Waals surface area contributed by atoms with Crippen molar-refractivity contribution in [1.29, 1.82) is 0 Å². The van der Waals surface area contributed by atoms with Crippen molar-refractivity contribution in [2.24, 2.45) is 0 Å². The Balaban J connectivity index is 2.64. The van der Waals surface area contributed by atoms with E-state index in [9.17, 15) is 4.79 Å². The molecule has 1 N–H and O–H groups in total. The number of thioether (sulfide) groups is 1. The van der Waals surface area contributed by atoms with Crippen molar-refractivity contribution >= 4 is 34.2 Å². The summed E-state index contributed by atoms with van der Waals surface area (Å²) in [4.78, 5) is 16.3. The van der Waals surface area contributed by atoms with E-state index in [1.54, 1.807) is 11.8 Å². The van der Waals surface area contributed by atoms with Gasteiger partial charge in [0.2, 0.25) is 0 Å². The van der Waals surface area contributed by atoms with Gasteiger partial charge in [-0.1, -0.05) is 0 Å². The highest BCUT2D eigenvalue weighted by molar-refractivity contribution is 7.98. The number of carbonyl (C=O) groups is 1. The average molecular weight is 246 g/mol. The molecule has 0 saturated carbocycles. The number of hydrogen-bond donors (Lipinski definition) is 1. The van der Waals surface area contributed by atoms with Crippen LogP contribution in [0.15, 0.2) is 0 Å². The summed E-state index contributed by atoms with van der Waals surface area (Å²) in [6, 6.07) is 0. The van der Waals surface area contributed by atoms with Crippen molar-refractivity contribution in [3.63, 3.8) is 0 Å². The minimum Gasteiger partial charge on any atom is -0.464 e. The number of methoxy groups -OCH3 is 1. The molecule has 84 valence electrons. The first-order valence-electron chi connectivity index (χ1n) is 4.47. The number of ether oxygens (including phenoxy) is 1. The summed E-state index contributed by atoms with van der Waals surface area (Å²) in [5.41, 5.74) is 0.411. The maximum atomic E-state index is 11.3. The van der Waals surface area contributed by atoms with Gasteiger partial charge in [-0.2, -0.15) is 11.8 Å². The SMILES string of the molecule is COC(=O)c1nc(NCCSC)sc1C. The Bertz CT molecular complexity index is 339. The molecule has 0 fully saturated rings. The molecule has 0 unspecified atom stereocenters. The van der Waals surface area contributed by atoms with Crippen LogP contribution >= 0.6 is 23.1 Å². The molecular formula is C9H14N2O2S2. The van der Waals surface area contributed by atoms with E-state index in [4.69, 9.17) is 0 Å². The summed E-state index contributed by atoms with van der Waals surface area (Å²) in [5, 5.41) is 3.94. The number of rotatable bonds is 5. The van der Waals surface area contributed by atoms with Crippen LogP contribution < -0.4 is 5.32 Å². The Morgan fingerprint density at radius 2 is 2.40 bits per heavy atom. The van der Waals surface area contributed by atoms with E-state index in [-0.39, 0.29) is 5.97 Å². The summed E-state index contributed by atoms with van der Waals surface area (Å²) >= 11 is 3.24. The van der Waals surface area contributed by atoms with Crippen LogP contribution in [-0.4, -0.2) is 36.6 Å². The number of esters is 1. The third-order valence-corrected chi connectivity index (χ3v) is 3.30. The molecule has 0 aromatic carbocycles. The summed E-state index contributed by atoms with van der Waals surface area (Å²) in [5.74, 6) is 0.647. The molecule has 0 aliphatic rings. The minimum atomic E-state index is -0.373. The number of hydrogen-bond acceptors (Lipinski definition) is 6. The fourth-order valence-corrected chi connectivity index (χ4v) is 2.15. The number of thiazole rings is 1. The Morgan fingerprint density at radius 3 is 3.00 bits per heavy atom. The standard InChI is InChI=1S/C9H14N2O2S2/c1-6-7(8(12)13-2)11-9(15-6)10-4-5-14-3/h4-5H2,1-3H3,(H,10,11). The second kappa shape index (κ2) is 5.97. The van der Waals surface area contributed by atoms with Crippen molar-refractivity contribution < 1.29 is 9.53 Å². The molecule has 1 aromatic heterocycles. The summed E-state index contributed by atoms with van der Waals surface area (Å²) < 4.78 is 4.63. The molecule has 0 bridgehead atoms. The van der Waals surface area contributed by atoms with Crippen LogP contribution in [0.3, 0.4) is 0 Å². The third kappa shape index (κ3) is 3.39. The number of aromatic nitrogens is 1. The normalized spacial score (nSPS) is 10.1. The Labute approximate surface area is 97.4 Å². The van der Waals surface area contributed by atoms with Gasteiger partial charge in [-0.15, -0.1) is 11.3 Å². The van der Waals surface area contributed by atoms with Gasteiger partial charge in [-0.25, -0.2) is 9.78 Å². The Hall–Kier alpha value is -0.750. The van der Waals surface area contributed by atoms with E-state index >= 15 is 0 Å². The summed E-state index contributed by atoms with van der Waals surface area (Å²) in [6.45, 7) is 2.72. The van der Waals surface area contributed by atoms with Gasteiger partial charge in [-0.05, 0) is 13.2 Å². The van der Waals surface area contributed by atoms with Gasteiger partial charge < -0.3 is 10.1 Å². The molecule has 6 heteroatoms. The van der Waals surface area contributed by atoms with Crippen LogP contribution in [0.1, 0.15) is 15.4 Å². The largest absolute Gasteiger partial charge is 0.464 e. The second-order valence-electron chi connectivity index (χ2n) is 2.83. The van der Waals surface area contributed by atoms with Gasteiger partial charge in [0.25, 0.3) is 0 Å². The monoisotopic (exact) mass is 246 g/mol. The molecule has 0 amide bonds.